The molecule has 3 unspecified atom stereocenters. The van der Waals surface area contributed by atoms with Gasteiger partial charge in [0.05, 0.1) is 18.4 Å². The lowest BCUT2D eigenvalue weighted by Crippen LogP contribution is -2.54. The Morgan fingerprint density at radius 3 is 2.69 bits per heavy atom. The highest BCUT2D eigenvalue weighted by Crippen LogP contribution is 2.19. The number of aldehydes is 1. The topological polar surface area (TPSA) is 146 Å². The third kappa shape index (κ3) is 5.08. The number of para-hydroxylation sites is 1. The molecule has 0 fully saturated rings. The molecule has 0 aliphatic rings. The molecule has 6 N–H and O–H groups in total. The molecule has 3 rings (SSSR count). The summed E-state index contributed by atoms with van der Waals surface area (Å²) in [5.74, 6) is -0.907. The molecule has 9 heteroatoms. The average Bonchev–Trinajstić information content (AvgIpc) is 3.37. The van der Waals surface area contributed by atoms with Crippen LogP contribution < -0.4 is 16.4 Å². The first-order valence-corrected chi connectivity index (χ1v) is 9.31. The molecule has 0 spiro atoms. The standard InChI is InChI=1S/C20H24N6O3/c1-12(10-27)25-20(29)18(6-13-8-23-17-5-3-2-4-15(13)17)26-19(28)16(21)7-14-9-22-11-24-14/h2-5,8-12,16,18,23H,6-7,21H2,1H3,(H,22,24)(H,25,29)(H,26,28). The predicted octanol–water partition coefficient (Wildman–Crippen LogP) is 0.192. The van der Waals surface area contributed by atoms with Crippen molar-refractivity contribution < 1.29 is 14.4 Å². The molecule has 9 nitrogen and oxygen atoms in total. The number of amides is 2. The zero-order valence-electron chi connectivity index (χ0n) is 16.0. The van der Waals surface area contributed by atoms with Crippen molar-refractivity contribution in [1.29, 1.82) is 0 Å². The highest BCUT2D eigenvalue weighted by Gasteiger charge is 2.26. The van der Waals surface area contributed by atoms with E-state index in [0.717, 1.165) is 22.2 Å². The average molecular weight is 396 g/mol. The van der Waals surface area contributed by atoms with E-state index in [1.54, 1.807) is 13.1 Å². The Morgan fingerprint density at radius 1 is 1.17 bits per heavy atom. The lowest BCUT2D eigenvalue weighted by Gasteiger charge is -2.21. The fourth-order valence-corrected chi connectivity index (χ4v) is 3.09. The minimum atomic E-state index is -0.878. The van der Waals surface area contributed by atoms with Gasteiger partial charge in [-0.15, -0.1) is 0 Å². The van der Waals surface area contributed by atoms with E-state index in [4.69, 9.17) is 5.73 Å². The van der Waals surface area contributed by atoms with Crippen LogP contribution in [0.5, 0.6) is 0 Å². The highest BCUT2D eigenvalue weighted by atomic mass is 16.2. The SMILES string of the molecule is CC(C=O)NC(=O)C(Cc1c[nH]c2ccccc12)NC(=O)C(N)Cc1cnc[nH]1. The Labute approximate surface area is 167 Å². The molecule has 2 aromatic heterocycles. The fraction of sp³-hybridized carbons (Fsp3) is 0.300. The maximum atomic E-state index is 12.7. The zero-order valence-corrected chi connectivity index (χ0v) is 16.0. The van der Waals surface area contributed by atoms with E-state index in [9.17, 15) is 14.4 Å². The van der Waals surface area contributed by atoms with Crippen LogP contribution >= 0.6 is 0 Å². The van der Waals surface area contributed by atoms with Crippen molar-refractivity contribution >= 4 is 29.0 Å². The molecule has 3 aromatic rings. The molecule has 0 radical (unpaired) electrons. The molecule has 0 saturated heterocycles. The molecular formula is C20H24N6O3. The van der Waals surface area contributed by atoms with Gasteiger partial charge in [-0.2, -0.15) is 0 Å². The predicted molar refractivity (Wildman–Crippen MR) is 108 cm³/mol. The normalized spacial score (nSPS) is 14.1. The van der Waals surface area contributed by atoms with Crippen molar-refractivity contribution in [3.05, 3.63) is 54.2 Å². The van der Waals surface area contributed by atoms with Gasteiger partial charge in [0.1, 0.15) is 12.3 Å². The molecule has 3 atom stereocenters. The summed E-state index contributed by atoms with van der Waals surface area (Å²) in [7, 11) is 0. The third-order valence-electron chi connectivity index (χ3n) is 4.64. The smallest absolute Gasteiger partial charge is 0.243 e. The summed E-state index contributed by atoms with van der Waals surface area (Å²) < 4.78 is 0. The molecule has 152 valence electrons. The van der Waals surface area contributed by atoms with E-state index < -0.39 is 29.9 Å². The van der Waals surface area contributed by atoms with E-state index >= 15 is 0 Å². The Morgan fingerprint density at radius 2 is 1.97 bits per heavy atom. The largest absolute Gasteiger partial charge is 0.361 e. The minimum absolute atomic E-state index is 0.254. The van der Waals surface area contributed by atoms with Crippen LogP contribution in [0.15, 0.2) is 43.0 Å². The van der Waals surface area contributed by atoms with Crippen molar-refractivity contribution in [2.45, 2.75) is 37.9 Å². The van der Waals surface area contributed by atoms with Crippen LogP contribution in [-0.4, -0.2) is 51.2 Å². The highest BCUT2D eigenvalue weighted by molar-refractivity contribution is 5.92. The van der Waals surface area contributed by atoms with E-state index in [1.807, 2.05) is 30.5 Å². The van der Waals surface area contributed by atoms with E-state index in [-0.39, 0.29) is 12.8 Å². The van der Waals surface area contributed by atoms with Gasteiger partial charge in [0.2, 0.25) is 11.8 Å². The van der Waals surface area contributed by atoms with Gasteiger partial charge < -0.3 is 31.1 Å². The third-order valence-corrected chi connectivity index (χ3v) is 4.64. The molecule has 1 aromatic carbocycles. The number of carbonyl (C=O) groups excluding carboxylic acids is 3. The van der Waals surface area contributed by atoms with Gasteiger partial charge in [0.25, 0.3) is 0 Å². The number of aromatic nitrogens is 3. The minimum Gasteiger partial charge on any atom is -0.361 e. The van der Waals surface area contributed by atoms with Gasteiger partial charge in [0, 0.05) is 41.8 Å². The fourth-order valence-electron chi connectivity index (χ4n) is 3.09. The zero-order chi connectivity index (χ0) is 20.8. The maximum absolute atomic E-state index is 12.7. The second-order valence-corrected chi connectivity index (χ2v) is 6.95. The van der Waals surface area contributed by atoms with Gasteiger partial charge >= 0.3 is 0 Å². The molecule has 29 heavy (non-hydrogen) atoms. The van der Waals surface area contributed by atoms with Gasteiger partial charge in [-0.25, -0.2) is 4.98 Å². The number of H-pyrrole nitrogens is 2. The second kappa shape index (κ2) is 9.16. The Hall–Kier alpha value is -3.46. The van der Waals surface area contributed by atoms with Gasteiger partial charge in [0.15, 0.2) is 0 Å². The molecule has 0 saturated carbocycles. The van der Waals surface area contributed by atoms with Crippen molar-refractivity contribution in [1.82, 2.24) is 25.6 Å². The summed E-state index contributed by atoms with van der Waals surface area (Å²) >= 11 is 0. The van der Waals surface area contributed by atoms with Gasteiger partial charge in [-0.1, -0.05) is 18.2 Å². The summed E-state index contributed by atoms with van der Waals surface area (Å²) in [6, 6.07) is 5.30. The maximum Gasteiger partial charge on any atom is 0.243 e. The number of nitrogens with two attached hydrogens (primary N) is 1. The first-order chi connectivity index (χ1) is 14.0. The van der Waals surface area contributed by atoms with E-state index in [2.05, 4.69) is 25.6 Å². The van der Waals surface area contributed by atoms with Crippen molar-refractivity contribution in [3.63, 3.8) is 0 Å². The van der Waals surface area contributed by atoms with Crippen LogP contribution in [0.1, 0.15) is 18.2 Å². The van der Waals surface area contributed by atoms with Crippen LogP contribution in [0, 0.1) is 0 Å². The second-order valence-electron chi connectivity index (χ2n) is 6.95. The number of imidazole rings is 1. The van der Waals surface area contributed by atoms with Crippen LogP contribution in [0.3, 0.4) is 0 Å². The number of nitrogens with one attached hydrogen (secondary N) is 4. The number of hydrogen-bond acceptors (Lipinski definition) is 5. The number of aromatic amines is 2. The van der Waals surface area contributed by atoms with Gasteiger partial charge in [-0.05, 0) is 18.6 Å². The Bertz CT molecular complexity index is 981. The number of benzene rings is 1. The van der Waals surface area contributed by atoms with E-state index in [0.29, 0.717) is 6.29 Å². The van der Waals surface area contributed by atoms with Crippen molar-refractivity contribution in [2.24, 2.45) is 5.73 Å². The molecule has 0 bridgehead atoms. The number of rotatable bonds is 9. The summed E-state index contributed by atoms with van der Waals surface area (Å²) in [5.41, 5.74) is 8.53. The number of nitrogens with zero attached hydrogens (tertiary/aromatic N) is 1. The summed E-state index contributed by atoms with van der Waals surface area (Å²) in [6.45, 7) is 1.57. The molecule has 2 heterocycles. The van der Waals surface area contributed by atoms with Crippen LogP contribution in [0.25, 0.3) is 10.9 Å². The lowest BCUT2D eigenvalue weighted by molar-refractivity contribution is -0.130. The van der Waals surface area contributed by atoms with E-state index in [1.165, 1.54) is 6.33 Å². The molecule has 2 amide bonds. The quantitative estimate of drug-likeness (QED) is 0.328. The molecule has 0 aliphatic carbocycles. The summed E-state index contributed by atoms with van der Waals surface area (Å²) in [4.78, 5) is 46.2. The summed E-state index contributed by atoms with van der Waals surface area (Å²) in [6.07, 6.45) is 6.06. The van der Waals surface area contributed by atoms with Crippen LogP contribution in [-0.2, 0) is 27.2 Å². The lowest BCUT2D eigenvalue weighted by atomic mass is 10.0. The Balaban J connectivity index is 1.76. The molecular weight excluding hydrogens is 372 g/mol. The number of hydrogen-bond donors (Lipinski definition) is 5. The molecule has 0 aliphatic heterocycles. The Kier molecular flexibility index (Phi) is 6.40. The van der Waals surface area contributed by atoms with Gasteiger partial charge in [-0.3, -0.25) is 9.59 Å². The summed E-state index contributed by atoms with van der Waals surface area (Å²) in [5, 5.41) is 6.28. The number of fused-ring (bicyclic) bond motifs is 1. The van der Waals surface area contributed by atoms with Crippen molar-refractivity contribution in [2.75, 3.05) is 0 Å². The monoisotopic (exact) mass is 396 g/mol. The first-order valence-electron chi connectivity index (χ1n) is 9.31. The van der Waals surface area contributed by atoms with Crippen LogP contribution in [0.4, 0.5) is 0 Å². The first kappa shape index (κ1) is 20.3. The van der Waals surface area contributed by atoms with Crippen molar-refractivity contribution in [3.8, 4) is 0 Å². The van der Waals surface area contributed by atoms with Crippen LogP contribution in [0.2, 0.25) is 0 Å². The number of carbonyl (C=O) groups is 3.